The van der Waals surface area contributed by atoms with Crippen molar-refractivity contribution in [2.45, 2.75) is 13.8 Å². The van der Waals surface area contributed by atoms with E-state index in [1.54, 1.807) is 0 Å². The molecule has 4 rings (SSSR count). The predicted octanol–water partition coefficient (Wildman–Crippen LogP) is 6.57. The molecule has 0 fully saturated rings. The first-order chi connectivity index (χ1) is 12.6. The highest BCUT2D eigenvalue weighted by Gasteiger charge is 2.17. The summed E-state index contributed by atoms with van der Waals surface area (Å²) in [4.78, 5) is 0. The summed E-state index contributed by atoms with van der Waals surface area (Å²) in [5, 5.41) is 0. The van der Waals surface area contributed by atoms with Gasteiger partial charge in [0, 0.05) is 5.69 Å². The Kier molecular flexibility index (Phi) is 4.18. The smallest absolute Gasteiger partial charge is 0.123 e. The SMILES string of the molecule is Cc1ccc(-n2c(-c3ccccc3)cc(C)c2-c2ccc(F)cc2)cc1. The van der Waals surface area contributed by atoms with Crippen LogP contribution < -0.4 is 0 Å². The quantitative estimate of drug-likeness (QED) is 0.397. The van der Waals surface area contributed by atoms with Gasteiger partial charge in [0.2, 0.25) is 0 Å². The first-order valence-electron chi connectivity index (χ1n) is 8.74. The molecule has 1 nitrogen and oxygen atoms in total. The molecule has 0 spiro atoms. The third kappa shape index (κ3) is 2.95. The summed E-state index contributed by atoms with van der Waals surface area (Å²) in [6.07, 6.45) is 0. The molecule has 0 radical (unpaired) electrons. The summed E-state index contributed by atoms with van der Waals surface area (Å²) < 4.78 is 15.7. The van der Waals surface area contributed by atoms with Crippen molar-refractivity contribution in [3.8, 4) is 28.2 Å². The molecule has 0 aliphatic carbocycles. The van der Waals surface area contributed by atoms with Gasteiger partial charge < -0.3 is 4.57 Å². The topological polar surface area (TPSA) is 4.93 Å². The maximum Gasteiger partial charge on any atom is 0.123 e. The second-order valence-corrected chi connectivity index (χ2v) is 6.61. The van der Waals surface area contributed by atoms with Crippen molar-refractivity contribution < 1.29 is 4.39 Å². The minimum absolute atomic E-state index is 0.219. The monoisotopic (exact) mass is 341 g/mol. The summed E-state index contributed by atoms with van der Waals surface area (Å²) >= 11 is 0. The van der Waals surface area contributed by atoms with Gasteiger partial charge in [0.25, 0.3) is 0 Å². The van der Waals surface area contributed by atoms with E-state index in [9.17, 15) is 4.39 Å². The molecule has 0 atom stereocenters. The van der Waals surface area contributed by atoms with Crippen molar-refractivity contribution in [3.05, 3.63) is 102 Å². The summed E-state index contributed by atoms with van der Waals surface area (Å²) in [7, 11) is 0. The van der Waals surface area contributed by atoms with Crippen LogP contribution in [0.25, 0.3) is 28.2 Å². The highest BCUT2D eigenvalue weighted by molar-refractivity contribution is 5.76. The Bertz CT molecular complexity index is 1030. The summed E-state index contributed by atoms with van der Waals surface area (Å²) in [6.45, 7) is 4.19. The molecule has 4 aromatic rings. The Morgan fingerprint density at radius 3 is 2.00 bits per heavy atom. The molecule has 128 valence electrons. The van der Waals surface area contributed by atoms with E-state index in [1.807, 2.05) is 18.2 Å². The van der Waals surface area contributed by atoms with Crippen LogP contribution in [-0.4, -0.2) is 4.57 Å². The van der Waals surface area contributed by atoms with Crippen molar-refractivity contribution in [2.75, 3.05) is 0 Å². The van der Waals surface area contributed by atoms with Crippen LogP contribution in [0, 0.1) is 19.7 Å². The van der Waals surface area contributed by atoms with Crippen LogP contribution in [0.3, 0.4) is 0 Å². The van der Waals surface area contributed by atoms with Crippen LogP contribution in [0.15, 0.2) is 84.9 Å². The molecule has 0 amide bonds. The van der Waals surface area contributed by atoms with Gasteiger partial charge in [-0.05, 0) is 73.0 Å². The van der Waals surface area contributed by atoms with E-state index in [-0.39, 0.29) is 5.82 Å². The summed E-state index contributed by atoms with van der Waals surface area (Å²) in [5.41, 5.74) is 7.87. The Morgan fingerprint density at radius 1 is 0.692 bits per heavy atom. The third-order valence-electron chi connectivity index (χ3n) is 4.67. The van der Waals surface area contributed by atoms with Gasteiger partial charge in [-0.3, -0.25) is 0 Å². The summed E-state index contributed by atoms with van der Waals surface area (Å²) in [6, 6.07) is 27.8. The molecule has 0 aliphatic heterocycles. The maximum atomic E-state index is 13.4. The molecule has 3 aromatic carbocycles. The maximum absolute atomic E-state index is 13.4. The highest BCUT2D eigenvalue weighted by atomic mass is 19.1. The van der Waals surface area contributed by atoms with Gasteiger partial charge in [0.1, 0.15) is 5.82 Å². The number of rotatable bonds is 3. The number of halogens is 1. The van der Waals surface area contributed by atoms with Gasteiger partial charge in [0.05, 0.1) is 11.4 Å². The van der Waals surface area contributed by atoms with Crippen LogP contribution in [-0.2, 0) is 0 Å². The fourth-order valence-corrected chi connectivity index (χ4v) is 3.38. The molecular formula is C24H20FN. The molecular weight excluding hydrogens is 321 g/mol. The van der Waals surface area contributed by atoms with Crippen LogP contribution in [0.2, 0.25) is 0 Å². The predicted molar refractivity (Wildman–Crippen MR) is 106 cm³/mol. The number of aryl methyl sites for hydroxylation is 2. The Morgan fingerprint density at radius 2 is 1.35 bits per heavy atom. The Labute approximate surface area is 153 Å². The van der Waals surface area contributed by atoms with E-state index in [1.165, 1.54) is 17.7 Å². The van der Waals surface area contributed by atoms with E-state index in [2.05, 4.69) is 73.0 Å². The van der Waals surface area contributed by atoms with Gasteiger partial charge >= 0.3 is 0 Å². The van der Waals surface area contributed by atoms with E-state index >= 15 is 0 Å². The van der Waals surface area contributed by atoms with E-state index in [0.29, 0.717) is 0 Å². The van der Waals surface area contributed by atoms with Crippen LogP contribution in [0.5, 0.6) is 0 Å². The second kappa shape index (κ2) is 6.64. The van der Waals surface area contributed by atoms with Crippen molar-refractivity contribution in [3.63, 3.8) is 0 Å². The zero-order valence-electron chi connectivity index (χ0n) is 14.9. The molecule has 26 heavy (non-hydrogen) atoms. The number of aromatic nitrogens is 1. The fraction of sp³-hybridized carbons (Fsp3) is 0.0833. The summed E-state index contributed by atoms with van der Waals surface area (Å²) in [5.74, 6) is -0.219. The van der Waals surface area contributed by atoms with E-state index < -0.39 is 0 Å². The van der Waals surface area contributed by atoms with Crippen molar-refractivity contribution >= 4 is 0 Å². The average Bonchev–Trinajstić information content (AvgIpc) is 3.01. The molecule has 0 N–H and O–H groups in total. The lowest BCUT2D eigenvalue weighted by Gasteiger charge is -2.15. The minimum atomic E-state index is -0.219. The Balaban J connectivity index is 2.00. The molecule has 1 heterocycles. The molecule has 0 saturated heterocycles. The normalized spacial score (nSPS) is 10.9. The number of benzene rings is 3. The largest absolute Gasteiger partial charge is 0.309 e. The van der Waals surface area contributed by atoms with Gasteiger partial charge in [-0.25, -0.2) is 4.39 Å². The average molecular weight is 341 g/mol. The fourth-order valence-electron chi connectivity index (χ4n) is 3.38. The Hall–Kier alpha value is -3.13. The first-order valence-corrected chi connectivity index (χ1v) is 8.74. The molecule has 0 aliphatic rings. The number of nitrogens with zero attached hydrogens (tertiary/aromatic N) is 1. The van der Waals surface area contributed by atoms with Gasteiger partial charge in [-0.2, -0.15) is 0 Å². The van der Waals surface area contributed by atoms with Gasteiger partial charge in [-0.1, -0.05) is 48.0 Å². The molecule has 0 saturated carbocycles. The van der Waals surface area contributed by atoms with Gasteiger partial charge in [-0.15, -0.1) is 0 Å². The lowest BCUT2D eigenvalue weighted by atomic mass is 10.1. The lowest BCUT2D eigenvalue weighted by Crippen LogP contribution is -2.00. The van der Waals surface area contributed by atoms with Crippen LogP contribution >= 0.6 is 0 Å². The van der Waals surface area contributed by atoms with Crippen LogP contribution in [0.1, 0.15) is 11.1 Å². The molecule has 0 unspecified atom stereocenters. The number of hydrogen-bond donors (Lipinski definition) is 0. The zero-order valence-corrected chi connectivity index (χ0v) is 14.9. The van der Waals surface area contributed by atoms with Crippen molar-refractivity contribution in [2.24, 2.45) is 0 Å². The van der Waals surface area contributed by atoms with Crippen molar-refractivity contribution in [1.29, 1.82) is 0 Å². The minimum Gasteiger partial charge on any atom is -0.309 e. The number of hydrogen-bond acceptors (Lipinski definition) is 0. The van der Waals surface area contributed by atoms with E-state index in [4.69, 9.17) is 0 Å². The standard InChI is InChI=1S/C24H20FN/c1-17-8-14-22(15-9-17)26-23(19-6-4-3-5-7-19)16-18(2)24(26)20-10-12-21(25)13-11-20/h3-16H,1-2H3. The molecule has 0 bridgehead atoms. The lowest BCUT2D eigenvalue weighted by molar-refractivity contribution is 0.628. The molecule has 1 aromatic heterocycles. The van der Waals surface area contributed by atoms with Crippen molar-refractivity contribution in [1.82, 2.24) is 4.57 Å². The molecule has 2 heteroatoms. The second-order valence-electron chi connectivity index (χ2n) is 6.61. The third-order valence-corrected chi connectivity index (χ3v) is 4.67. The van der Waals surface area contributed by atoms with Gasteiger partial charge in [0.15, 0.2) is 0 Å². The zero-order chi connectivity index (χ0) is 18.1. The first kappa shape index (κ1) is 16.3. The van der Waals surface area contributed by atoms with E-state index in [0.717, 1.165) is 33.8 Å². The highest BCUT2D eigenvalue weighted by Crippen LogP contribution is 2.35. The van der Waals surface area contributed by atoms with Crippen LogP contribution in [0.4, 0.5) is 4.39 Å².